The molecule has 0 heterocycles. The second-order valence-electron chi connectivity index (χ2n) is 2.10. The maximum absolute atomic E-state index is 5.29. The van der Waals surface area contributed by atoms with E-state index in [0.717, 1.165) is 32.6 Å². The summed E-state index contributed by atoms with van der Waals surface area (Å²) in [5.41, 5.74) is 9.03. The highest BCUT2D eigenvalue weighted by atomic mass is 14.8. The molecule has 0 aliphatic carbocycles. The van der Waals surface area contributed by atoms with Crippen LogP contribution in [0, 0.1) is 0 Å². The van der Waals surface area contributed by atoms with Crippen LogP contribution < -0.4 is 16.8 Å². The summed E-state index contributed by atoms with van der Waals surface area (Å²) >= 11 is 0. The van der Waals surface area contributed by atoms with E-state index < -0.39 is 0 Å². The van der Waals surface area contributed by atoms with Crippen molar-refractivity contribution >= 4 is 0 Å². The number of quaternary nitrogens is 1. The van der Waals surface area contributed by atoms with Gasteiger partial charge in [0, 0.05) is 13.0 Å². The highest BCUT2D eigenvalue weighted by Gasteiger charge is 1.84. The Morgan fingerprint density at radius 1 is 1.22 bits per heavy atom. The van der Waals surface area contributed by atoms with Crippen molar-refractivity contribution < 1.29 is 5.73 Å². The number of hydrogen-bond donors (Lipinski definition) is 3. The van der Waals surface area contributed by atoms with Crippen LogP contribution in [0.4, 0.5) is 0 Å². The summed E-state index contributed by atoms with van der Waals surface area (Å²) < 4.78 is 0. The van der Waals surface area contributed by atoms with Gasteiger partial charge in [-0.2, -0.15) is 0 Å². The summed E-state index contributed by atoms with van der Waals surface area (Å²) in [7, 11) is 0. The van der Waals surface area contributed by atoms with Gasteiger partial charge in [-0.05, 0) is 19.5 Å². The van der Waals surface area contributed by atoms with Crippen LogP contribution in [0.15, 0.2) is 0 Å². The fraction of sp³-hybridized carbons (Fsp3) is 1.00. The van der Waals surface area contributed by atoms with E-state index in [0.29, 0.717) is 0 Å². The lowest BCUT2D eigenvalue weighted by Crippen LogP contribution is -2.51. The van der Waals surface area contributed by atoms with Gasteiger partial charge in [0.05, 0.1) is 6.54 Å². The minimum absolute atomic E-state index is 0.789. The molecule has 0 aromatic rings. The Hall–Kier alpha value is -0.120. The zero-order chi connectivity index (χ0) is 6.95. The molecule has 3 heteroatoms. The predicted octanol–water partition coefficient (Wildman–Crippen LogP) is -1.44. The second-order valence-corrected chi connectivity index (χ2v) is 2.10. The van der Waals surface area contributed by atoms with Crippen molar-refractivity contribution in [3.05, 3.63) is 0 Å². The summed E-state index contributed by atoms with van der Waals surface area (Å²) in [5.74, 6) is 0. The van der Waals surface area contributed by atoms with E-state index in [1.807, 2.05) is 0 Å². The normalized spacial score (nSPS) is 10.0. The molecule has 3 nitrogen and oxygen atoms in total. The summed E-state index contributed by atoms with van der Waals surface area (Å²) in [4.78, 5) is 0. The van der Waals surface area contributed by atoms with Crippen molar-refractivity contribution in [3.63, 3.8) is 0 Å². The van der Waals surface area contributed by atoms with Crippen molar-refractivity contribution in [3.8, 4) is 0 Å². The molecule has 56 valence electrons. The maximum Gasteiger partial charge on any atom is 0.0752 e. The third-order valence-corrected chi connectivity index (χ3v) is 1.16. The zero-order valence-electron chi connectivity index (χ0n) is 6.03. The molecule has 0 amide bonds. The minimum Gasteiger partial charge on any atom is -0.358 e. The molecule has 9 heavy (non-hydrogen) atoms. The highest BCUT2D eigenvalue weighted by Crippen LogP contribution is 1.71. The standard InChI is InChI=1S/C6H17N3/c7-3-1-5-9-6-2-4-8/h9H,1-8H2/p+1. The molecule has 0 aromatic heterocycles. The van der Waals surface area contributed by atoms with Crippen LogP contribution in [0.5, 0.6) is 0 Å². The van der Waals surface area contributed by atoms with Crippen molar-refractivity contribution in [1.82, 2.24) is 5.32 Å². The fourth-order valence-corrected chi connectivity index (χ4v) is 0.602. The first-order valence-electron chi connectivity index (χ1n) is 3.62. The van der Waals surface area contributed by atoms with Gasteiger partial charge in [-0.1, -0.05) is 0 Å². The first-order chi connectivity index (χ1) is 4.41. The third kappa shape index (κ3) is 7.88. The van der Waals surface area contributed by atoms with Crippen LogP contribution in [0.2, 0.25) is 0 Å². The van der Waals surface area contributed by atoms with Gasteiger partial charge in [-0.25, -0.2) is 0 Å². The van der Waals surface area contributed by atoms with E-state index >= 15 is 0 Å². The van der Waals surface area contributed by atoms with E-state index in [1.54, 1.807) is 0 Å². The average molecular weight is 132 g/mol. The first-order valence-corrected chi connectivity index (χ1v) is 3.62. The number of hydrogen-bond acceptors (Lipinski definition) is 2. The largest absolute Gasteiger partial charge is 0.358 e. The smallest absolute Gasteiger partial charge is 0.0752 e. The van der Waals surface area contributed by atoms with E-state index in [4.69, 9.17) is 5.73 Å². The Kier molecular flexibility index (Phi) is 7.77. The quantitative estimate of drug-likeness (QED) is 0.387. The molecule has 0 saturated carbocycles. The Labute approximate surface area is 56.8 Å². The van der Waals surface area contributed by atoms with Gasteiger partial charge in [-0.3, -0.25) is 0 Å². The minimum atomic E-state index is 0.789. The molecular weight excluding hydrogens is 114 g/mol. The Balaban J connectivity index is 2.60. The summed E-state index contributed by atoms with van der Waals surface area (Å²) in [6.45, 7) is 3.95. The molecule has 0 rings (SSSR count). The van der Waals surface area contributed by atoms with E-state index in [1.165, 1.54) is 6.42 Å². The molecule has 0 saturated heterocycles. The maximum atomic E-state index is 5.29. The SMILES string of the molecule is NCCCNCCC[NH3+]. The van der Waals surface area contributed by atoms with Gasteiger partial charge in [-0.15, -0.1) is 0 Å². The molecule has 0 bridgehead atoms. The van der Waals surface area contributed by atoms with Gasteiger partial charge in [0.25, 0.3) is 0 Å². The van der Waals surface area contributed by atoms with Crippen molar-refractivity contribution in [2.45, 2.75) is 12.8 Å². The monoisotopic (exact) mass is 132 g/mol. The van der Waals surface area contributed by atoms with Gasteiger partial charge in [0.15, 0.2) is 0 Å². The van der Waals surface area contributed by atoms with Crippen LogP contribution in [0.3, 0.4) is 0 Å². The van der Waals surface area contributed by atoms with Gasteiger partial charge in [0.2, 0.25) is 0 Å². The number of nitrogens with two attached hydrogens (primary N) is 1. The van der Waals surface area contributed by atoms with Crippen LogP contribution in [0.1, 0.15) is 12.8 Å². The molecular formula is C6H18N3+. The van der Waals surface area contributed by atoms with Crippen LogP contribution in [-0.2, 0) is 0 Å². The topological polar surface area (TPSA) is 65.7 Å². The number of nitrogens with one attached hydrogen (secondary N) is 1. The predicted molar refractivity (Wildman–Crippen MR) is 38.9 cm³/mol. The van der Waals surface area contributed by atoms with E-state index in [9.17, 15) is 0 Å². The van der Waals surface area contributed by atoms with Gasteiger partial charge in [0.1, 0.15) is 0 Å². The van der Waals surface area contributed by atoms with Gasteiger partial charge < -0.3 is 16.8 Å². The zero-order valence-corrected chi connectivity index (χ0v) is 6.03. The molecule has 0 radical (unpaired) electrons. The lowest BCUT2D eigenvalue weighted by atomic mass is 10.4. The fourth-order valence-electron chi connectivity index (χ4n) is 0.602. The summed E-state index contributed by atoms with van der Waals surface area (Å²) in [6.07, 6.45) is 2.25. The van der Waals surface area contributed by atoms with Gasteiger partial charge >= 0.3 is 0 Å². The molecule has 0 aliphatic rings. The molecule has 0 aromatic carbocycles. The second kappa shape index (κ2) is 7.88. The molecule has 0 aliphatic heterocycles. The highest BCUT2D eigenvalue weighted by molar-refractivity contribution is 4.46. The van der Waals surface area contributed by atoms with E-state index in [-0.39, 0.29) is 0 Å². The van der Waals surface area contributed by atoms with Crippen molar-refractivity contribution in [2.24, 2.45) is 5.73 Å². The molecule has 6 N–H and O–H groups in total. The van der Waals surface area contributed by atoms with Crippen LogP contribution >= 0.6 is 0 Å². The molecule has 0 atom stereocenters. The van der Waals surface area contributed by atoms with E-state index in [2.05, 4.69) is 11.1 Å². The van der Waals surface area contributed by atoms with Crippen LogP contribution in [-0.4, -0.2) is 26.2 Å². The average Bonchev–Trinajstić information content (AvgIpc) is 1.89. The Bertz CT molecular complexity index is 41.6. The molecule has 0 spiro atoms. The summed E-state index contributed by atoms with van der Waals surface area (Å²) in [6, 6.07) is 0. The lowest BCUT2D eigenvalue weighted by molar-refractivity contribution is -0.367. The first kappa shape index (κ1) is 8.88. The summed E-state index contributed by atoms with van der Waals surface area (Å²) in [5, 5.41) is 3.27. The number of rotatable bonds is 6. The molecule has 0 unspecified atom stereocenters. The van der Waals surface area contributed by atoms with Crippen molar-refractivity contribution in [2.75, 3.05) is 26.2 Å². The molecule has 0 fully saturated rings. The van der Waals surface area contributed by atoms with Crippen molar-refractivity contribution in [1.29, 1.82) is 0 Å². The lowest BCUT2D eigenvalue weighted by Gasteiger charge is -1.99. The third-order valence-electron chi connectivity index (χ3n) is 1.16. The Morgan fingerprint density at radius 3 is 2.44 bits per heavy atom. The Morgan fingerprint density at radius 2 is 1.89 bits per heavy atom. The van der Waals surface area contributed by atoms with Crippen LogP contribution in [0.25, 0.3) is 0 Å².